The Balaban J connectivity index is 1.10. The molecule has 0 radical (unpaired) electrons. The highest BCUT2D eigenvalue weighted by Crippen LogP contribution is 2.53. The van der Waals surface area contributed by atoms with Gasteiger partial charge >= 0.3 is 0 Å². The fourth-order valence-electron chi connectivity index (χ4n) is 8.50. The van der Waals surface area contributed by atoms with Gasteiger partial charge in [-0.2, -0.15) is 0 Å². The molecule has 302 valence electrons. The van der Waals surface area contributed by atoms with Crippen LogP contribution in [0.2, 0.25) is 0 Å². The second kappa shape index (κ2) is 16.0. The molecule has 3 aromatic rings. The van der Waals surface area contributed by atoms with E-state index in [1.165, 1.54) is 46.9 Å². The summed E-state index contributed by atoms with van der Waals surface area (Å²) >= 11 is 0. The van der Waals surface area contributed by atoms with Crippen molar-refractivity contribution >= 4 is 50.5 Å². The summed E-state index contributed by atoms with van der Waals surface area (Å²) in [4.78, 5) is 61.1. The number of Topliss-reactive ketones (excluding diaryl/α,β-unsaturated/α-hetero) is 1. The van der Waals surface area contributed by atoms with E-state index in [0.29, 0.717) is 18.9 Å². The zero-order valence-corrected chi connectivity index (χ0v) is 32.5. The predicted octanol–water partition coefficient (Wildman–Crippen LogP) is 2.87. The van der Waals surface area contributed by atoms with E-state index in [4.69, 9.17) is 23.7 Å². The molecule has 4 heterocycles. The summed E-state index contributed by atoms with van der Waals surface area (Å²) in [6.45, 7) is 1.73. The van der Waals surface area contributed by atoms with E-state index in [1.807, 2.05) is 19.1 Å². The van der Waals surface area contributed by atoms with Gasteiger partial charge in [0.15, 0.2) is 36.2 Å². The predicted molar refractivity (Wildman–Crippen MR) is 203 cm³/mol. The van der Waals surface area contributed by atoms with Crippen molar-refractivity contribution in [3.8, 4) is 11.5 Å². The number of morpholine rings is 1. The smallest absolute Gasteiger partial charge is 0.225 e. The van der Waals surface area contributed by atoms with Crippen LogP contribution in [0.3, 0.4) is 0 Å². The van der Waals surface area contributed by atoms with Crippen LogP contribution in [0.4, 0.5) is 5.69 Å². The van der Waals surface area contributed by atoms with Crippen LogP contribution < -0.4 is 5.32 Å². The Kier molecular flexibility index (Phi) is 11.2. The van der Waals surface area contributed by atoms with E-state index in [-0.39, 0.29) is 52.9 Å². The van der Waals surface area contributed by atoms with Crippen molar-refractivity contribution in [2.24, 2.45) is 0 Å². The molecule has 8 rings (SSSR count). The lowest BCUT2D eigenvalue weighted by Gasteiger charge is -2.43. The molecule has 3 aliphatic heterocycles. The summed E-state index contributed by atoms with van der Waals surface area (Å²) in [5.74, 6) is -4.03. The number of nitrogens with zero attached hydrogens (tertiary/aromatic N) is 2. The molecule has 0 spiro atoms. The van der Waals surface area contributed by atoms with Gasteiger partial charge in [-0.1, -0.05) is 29.0 Å². The Morgan fingerprint density at radius 1 is 1.07 bits per heavy atom. The van der Waals surface area contributed by atoms with Gasteiger partial charge in [0.05, 0.1) is 41.2 Å². The normalized spacial score (nSPS) is 29.2. The lowest BCUT2D eigenvalue weighted by atomic mass is 9.71. The Morgan fingerprint density at radius 2 is 1.88 bits per heavy atom. The van der Waals surface area contributed by atoms with E-state index in [1.54, 1.807) is 12.3 Å². The Labute approximate surface area is 334 Å². The number of ether oxygens (including phenoxy) is 5. The van der Waals surface area contributed by atoms with Crippen molar-refractivity contribution in [3.05, 3.63) is 76.0 Å². The second-order valence-corrected chi connectivity index (χ2v) is 16.9. The number of fused-ring (bicyclic) bond motifs is 6. The number of aromatic nitrogens is 1. The number of benzene rings is 2. The average molecular weight is 824 g/mol. The van der Waals surface area contributed by atoms with Gasteiger partial charge in [-0.15, -0.1) is 0 Å². The van der Waals surface area contributed by atoms with Crippen molar-refractivity contribution in [1.82, 2.24) is 9.88 Å². The fraction of sp³-hybridized carbons (Fsp3) is 0.462. The minimum absolute atomic E-state index is 0.0475. The molecule has 8 atom stereocenters. The number of aromatic hydroxyl groups is 2. The summed E-state index contributed by atoms with van der Waals surface area (Å²) in [7, 11) is 4.37. The molecular formula is C39H41N3O13S2. The number of carbonyl (C=O) groups excluding carboxylic acids is 4. The average Bonchev–Trinajstić information content (AvgIpc) is 3.59. The first-order valence-electron chi connectivity index (χ1n) is 18.5. The summed E-state index contributed by atoms with van der Waals surface area (Å²) in [6.07, 6.45) is -3.41. The first kappa shape index (κ1) is 39.9. The molecule has 5 N–H and O–H groups in total. The van der Waals surface area contributed by atoms with E-state index in [0.717, 1.165) is 5.03 Å². The summed E-state index contributed by atoms with van der Waals surface area (Å²) in [6, 6.07) is 9.63. The van der Waals surface area contributed by atoms with Gasteiger partial charge in [-0.25, -0.2) is 4.98 Å². The van der Waals surface area contributed by atoms with Crippen LogP contribution in [0, 0.1) is 0 Å². The van der Waals surface area contributed by atoms with Gasteiger partial charge in [-0.05, 0) is 35.9 Å². The van der Waals surface area contributed by atoms with E-state index < -0.39 is 102 Å². The van der Waals surface area contributed by atoms with Crippen molar-refractivity contribution in [2.75, 3.05) is 37.9 Å². The molecule has 16 nitrogen and oxygen atoms in total. The first-order chi connectivity index (χ1) is 27.4. The molecule has 3 saturated heterocycles. The molecule has 3 fully saturated rings. The maximum absolute atomic E-state index is 14.4. The van der Waals surface area contributed by atoms with Crippen LogP contribution in [0.5, 0.6) is 11.5 Å². The number of methoxy groups -OCH3 is 1. The molecule has 57 heavy (non-hydrogen) atoms. The quantitative estimate of drug-likeness (QED) is 0.0833. The van der Waals surface area contributed by atoms with Crippen LogP contribution >= 0.6 is 21.6 Å². The van der Waals surface area contributed by atoms with Gasteiger partial charge in [0.2, 0.25) is 5.91 Å². The molecule has 18 heteroatoms. The van der Waals surface area contributed by atoms with Crippen LogP contribution in [0.25, 0.3) is 0 Å². The maximum Gasteiger partial charge on any atom is 0.225 e. The van der Waals surface area contributed by atoms with Crippen LogP contribution in [-0.4, -0.2) is 129 Å². The van der Waals surface area contributed by atoms with Gasteiger partial charge in [0, 0.05) is 74.0 Å². The number of amides is 1. The number of hydrogen-bond donors (Lipinski definition) is 5. The van der Waals surface area contributed by atoms with Crippen LogP contribution in [-0.2, 0) is 39.7 Å². The Morgan fingerprint density at radius 3 is 2.63 bits per heavy atom. The molecule has 1 amide bonds. The zero-order valence-electron chi connectivity index (χ0n) is 30.9. The number of phenols is 2. The SMILES string of the molecule is CO[C@H]1OCCN2[C@@H]1O[C@@H]1[C@H](C)O[C@@H](O[C@H]3C[C@](O)(C(=O)CO)Cc4c(O)c5c(c(O)c43)C(=O)c3c(NC(=O)CCSSc4ccccn4)cccc3C5=O)C[C@@H]12. The number of pyridine rings is 1. The second-order valence-electron chi connectivity index (χ2n) is 14.5. The summed E-state index contributed by atoms with van der Waals surface area (Å²) in [5, 5.41) is 48.9. The molecule has 2 aromatic carbocycles. The third-order valence-corrected chi connectivity index (χ3v) is 13.4. The number of aliphatic hydroxyl groups excluding tert-OH is 1. The number of hydrogen-bond acceptors (Lipinski definition) is 17. The lowest BCUT2D eigenvalue weighted by Crippen LogP contribution is -2.55. The largest absolute Gasteiger partial charge is 0.507 e. The molecular weight excluding hydrogens is 783 g/mol. The number of rotatable bonds is 11. The van der Waals surface area contributed by atoms with Crippen molar-refractivity contribution in [2.45, 2.75) is 86.4 Å². The van der Waals surface area contributed by atoms with Crippen LogP contribution in [0.15, 0.2) is 47.6 Å². The minimum Gasteiger partial charge on any atom is -0.507 e. The highest BCUT2D eigenvalue weighted by molar-refractivity contribution is 8.76. The number of ketones is 3. The zero-order chi connectivity index (χ0) is 40.2. The Hall–Kier alpha value is -3.95. The van der Waals surface area contributed by atoms with Gasteiger partial charge in [-0.3, -0.25) is 24.1 Å². The molecule has 2 aliphatic carbocycles. The fourth-order valence-corrected chi connectivity index (χ4v) is 10.4. The summed E-state index contributed by atoms with van der Waals surface area (Å²) in [5.41, 5.74) is -3.86. The number of carbonyl (C=O) groups is 4. The molecule has 5 aliphatic rings. The number of phenolic OH excluding ortho intramolecular Hbond substituents is 2. The van der Waals surface area contributed by atoms with E-state index in [2.05, 4.69) is 15.2 Å². The highest BCUT2D eigenvalue weighted by Gasteiger charge is 2.55. The first-order valence-corrected chi connectivity index (χ1v) is 20.8. The number of anilines is 1. The minimum atomic E-state index is -2.28. The summed E-state index contributed by atoms with van der Waals surface area (Å²) < 4.78 is 30.2. The maximum atomic E-state index is 14.4. The van der Waals surface area contributed by atoms with Crippen LogP contribution in [0.1, 0.15) is 75.3 Å². The van der Waals surface area contributed by atoms with E-state index in [9.17, 15) is 39.6 Å². The van der Waals surface area contributed by atoms with Crippen molar-refractivity contribution in [1.29, 1.82) is 0 Å². The molecule has 0 unspecified atom stereocenters. The monoisotopic (exact) mass is 823 g/mol. The number of aliphatic hydroxyl groups is 2. The van der Waals surface area contributed by atoms with Crippen molar-refractivity contribution < 1.29 is 63.3 Å². The Bertz CT molecular complexity index is 2110. The molecule has 0 bridgehead atoms. The molecule has 0 saturated carbocycles. The van der Waals surface area contributed by atoms with Gasteiger partial charge in [0.25, 0.3) is 0 Å². The van der Waals surface area contributed by atoms with Crippen molar-refractivity contribution in [3.63, 3.8) is 0 Å². The highest BCUT2D eigenvalue weighted by atomic mass is 33.1. The van der Waals surface area contributed by atoms with E-state index >= 15 is 0 Å². The third-order valence-electron chi connectivity index (χ3n) is 11.1. The number of nitrogens with one attached hydrogen (secondary N) is 1. The standard InChI is InChI=1S/C39H41N3O13S2/c1-18-36-22(42-11-12-52-38(51-2)37(42)55-36)14-27(53-18)54-23-16-39(50,24(44)17-43)15-20-29(23)35(49)31-30(33(20)47)32(46)19-6-5-7-21(28(19)34(31)48)41-25(45)9-13-56-57-26-8-3-4-10-40-26/h3-8,10,18,22-23,27,36-38,43,47,49-50H,9,11-17H2,1-2H3,(H,41,45)/t18-,22-,23-,27-,36+,37+,38-,39-/m0/s1. The van der Waals surface area contributed by atoms with Gasteiger partial charge < -0.3 is 49.4 Å². The lowest BCUT2D eigenvalue weighted by molar-refractivity contribution is -0.256. The van der Waals surface area contributed by atoms with Gasteiger partial charge in [0.1, 0.15) is 34.8 Å². The molecule has 1 aromatic heterocycles. The topological polar surface area (TPSA) is 224 Å². The third kappa shape index (κ3) is 7.15.